The van der Waals surface area contributed by atoms with E-state index in [-0.39, 0.29) is 29.5 Å². The van der Waals surface area contributed by atoms with Crippen molar-refractivity contribution in [3.8, 4) is 0 Å². The monoisotopic (exact) mass is 331 g/mol. The van der Waals surface area contributed by atoms with Crippen molar-refractivity contribution < 1.29 is 18.7 Å². The van der Waals surface area contributed by atoms with Crippen molar-refractivity contribution in [1.82, 2.24) is 0 Å². The summed E-state index contributed by atoms with van der Waals surface area (Å²) in [6, 6.07) is 11.6. The molecule has 2 aromatic rings. The first-order valence-corrected chi connectivity index (χ1v) is 7.99. The molecule has 5 heteroatoms. The van der Waals surface area contributed by atoms with Gasteiger partial charge in [-0.3, -0.25) is 4.79 Å². The van der Waals surface area contributed by atoms with Crippen LogP contribution < -0.4 is 4.90 Å². The molecule has 0 bridgehead atoms. The molecule has 3 rings (SSSR count). The molecule has 126 valence electrons. The first kappa shape index (κ1) is 16.6. The van der Waals surface area contributed by atoms with Crippen LogP contribution in [0, 0.1) is 17.6 Å². The first-order chi connectivity index (χ1) is 11.5. The molecule has 3 atom stereocenters. The molecule has 0 aromatic heterocycles. The normalized spacial score (nSPS) is 21.5. The van der Waals surface area contributed by atoms with Gasteiger partial charge in [-0.05, 0) is 61.7 Å². The maximum atomic E-state index is 13.0. The van der Waals surface area contributed by atoms with E-state index in [0.717, 1.165) is 0 Å². The Hall–Kier alpha value is -2.27. The molecule has 2 aromatic carbocycles. The second kappa shape index (κ2) is 6.69. The minimum absolute atomic E-state index is 0.00313. The lowest BCUT2D eigenvalue weighted by Crippen LogP contribution is -2.59. The molecule has 1 aliphatic heterocycles. The summed E-state index contributed by atoms with van der Waals surface area (Å²) in [6.45, 7) is 1.94. The summed E-state index contributed by atoms with van der Waals surface area (Å²) in [6.07, 6.45) is 0.269. The zero-order chi connectivity index (χ0) is 17.3. The van der Waals surface area contributed by atoms with E-state index >= 15 is 0 Å². The third-order valence-electron chi connectivity index (χ3n) is 4.65. The molecular formula is C19H19F2NO2. The molecule has 2 unspecified atom stereocenters. The van der Waals surface area contributed by atoms with Crippen molar-refractivity contribution in [1.29, 1.82) is 0 Å². The van der Waals surface area contributed by atoms with Crippen LogP contribution in [0.4, 0.5) is 14.5 Å². The molecule has 3 nitrogen and oxygen atoms in total. The summed E-state index contributed by atoms with van der Waals surface area (Å²) in [4.78, 5) is 14.0. The number of carbonyl (C=O) groups excluding carboxylic acids is 1. The van der Waals surface area contributed by atoms with Crippen LogP contribution in [0.2, 0.25) is 0 Å². The molecule has 0 aliphatic carbocycles. The van der Waals surface area contributed by atoms with Crippen LogP contribution in [0.15, 0.2) is 48.5 Å². The van der Waals surface area contributed by atoms with Gasteiger partial charge in [0.1, 0.15) is 11.6 Å². The SMILES string of the molecule is CC1[C@@H](CCC(O)c2ccc(F)cc2)C(=O)N1c1ccc(F)cc1. The maximum Gasteiger partial charge on any atom is 0.232 e. The maximum absolute atomic E-state index is 13.0. The van der Waals surface area contributed by atoms with Crippen molar-refractivity contribution >= 4 is 11.6 Å². The molecule has 0 saturated carbocycles. The summed E-state index contributed by atoms with van der Waals surface area (Å²) in [5.74, 6) is -0.854. The number of aliphatic hydroxyl groups is 1. The molecule has 1 fully saturated rings. The lowest BCUT2D eigenvalue weighted by Gasteiger charge is -2.45. The van der Waals surface area contributed by atoms with Crippen LogP contribution in [-0.4, -0.2) is 17.1 Å². The van der Waals surface area contributed by atoms with Gasteiger partial charge in [0.25, 0.3) is 0 Å². The number of hydrogen-bond acceptors (Lipinski definition) is 2. The van der Waals surface area contributed by atoms with Gasteiger partial charge in [-0.25, -0.2) is 8.78 Å². The third-order valence-corrected chi connectivity index (χ3v) is 4.65. The molecule has 1 saturated heterocycles. The standard InChI is InChI=1S/C19H19F2NO2/c1-12-17(10-11-18(23)13-2-4-14(20)5-3-13)19(24)22(12)16-8-6-15(21)7-9-16/h2-9,12,17-18,23H,10-11H2,1H3/t12?,17-,18?/m1/s1. The average Bonchev–Trinajstić information content (AvgIpc) is 2.57. The minimum atomic E-state index is -0.717. The quantitative estimate of drug-likeness (QED) is 0.846. The Kier molecular flexibility index (Phi) is 4.62. The Morgan fingerprint density at radius 3 is 2.12 bits per heavy atom. The van der Waals surface area contributed by atoms with Gasteiger partial charge in [0.15, 0.2) is 0 Å². The molecule has 0 radical (unpaired) electrons. The molecule has 1 amide bonds. The predicted molar refractivity (Wildman–Crippen MR) is 87.4 cm³/mol. The number of aliphatic hydroxyl groups excluding tert-OH is 1. The minimum Gasteiger partial charge on any atom is -0.388 e. The lowest BCUT2D eigenvalue weighted by atomic mass is 9.83. The lowest BCUT2D eigenvalue weighted by molar-refractivity contribution is -0.130. The zero-order valence-corrected chi connectivity index (χ0v) is 13.3. The van der Waals surface area contributed by atoms with Crippen molar-refractivity contribution in [3.63, 3.8) is 0 Å². The van der Waals surface area contributed by atoms with E-state index in [1.165, 1.54) is 24.3 Å². The number of carbonyl (C=O) groups is 1. The number of rotatable bonds is 5. The summed E-state index contributed by atoms with van der Waals surface area (Å²) in [7, 11) is 0. The second-order valence-corrected chi connectivity index (χ2v) is 6.18. The Bertz CT molecular complexity index is 715. The van der Waals surface area contributed by atoms with E-state index < -0.39 is 6.10 Å². The molecule has 0 spiro atoms. The fraction of sp³-hybridized carbons (Fsp3) is 0.316. The average molecular weight is 331 g/mol. The van der Waals surface area contributed by atoms with Crippen molar-refractivity contribution in [2.75, 3.05) is 4.90 Å². The third kappa shape index (κ3) is 3.17. The van der Waals surface area contributed by atoms with Gasteiger partial charge in [0, 0.05) is 11.7 Å². The molecular weight excluding hydrogens is 312 g/mol. The Morgan fingerprint density at radius 1 is 1.04 bits per heavy atom. The van der Waals surface area contributed by atoms with Crippen LogP contribution in [0.1, 0.15) is 31.4 Å². The van der Waals surface area contributed by atoms with E-state index in [9.17, 15) is 18.7 Å². The summed E-state index contributed by atoms with van der Waals surface area (Å²) in [5, 5.41) is 10.2. The number of benzene rings is 2. The first-order valence-electron chi connectivity index (χ1n) is 7.99. The number of amides is 1. The van der Waals surface area contributed by atoms with Crippen LogP contribution in [0.25, 0.3) is 0 Å². The van der Waals surface area contributed by atoms with E-state index in [1.807, 2.05) is 6.92 Å². The Morgan fingerprint density at radius 2 is 1.58 bits per heavy atom. The van der Waals surface area contributed by atoms with E-state index in [4.69, 9.17) is 0 Å². The highest BCUT2D eigenvalue weighted by atomic mass is 19.1. The van der Waals surface area contributed by atoms with Gasteiger partial charge in [-0.1, -0.05) is 12.1 Å². The van der Waals surface area contributed by atoms with Crippen LogP contribution >= 0.6 is 0 Å². The van der Waals surface area contributed by atoms with Crippen molar-refractivity contribution in [2.24, 2.45) is 5.92 Å². The number of hydrogen-bond donors (Lipinski definition) is 1. The molecule has 24 heavy (non-hydrogen) atoms. The smallest absolute Gasteiger partial charge is 0.232 e. The van der Waals surface area contributed by atoms with Gasteiger partial charge < -0.3 is 10.0 Å². The summed E-state index contributed by atoms with van der Waals surface area (Å²) < 4.78 is 25.9. The zero-order valence-electron chi connectivity index (χ0n) is 13.3. The fourth-order valence-corrected chi connectivity index (χ4v) is 3.20. The molecule has 1 aliphatic rings. The highest BCUT2D eigenvalue weighted by Gasteiger charge is 2.44. The summed E-state index contributed by atoms with van der Waals surface area (Å²) >= 11 is 0. The predicted octanol–water partition coefficient (Wildman–Crippen LogP) is 3.83. The van der Waals surface area contributed by atoms with E-state index in [1.54, 1.807) is 29.2 Å². The topological polar surface area (TPSA) is 40.5 Å². The summed E-state index contributed by atoms with van der Waals surface area (Å²) in [5.41, 5.74) is 1.33. The number of nitrogens with zero attached hydrogens (tertiary/aromatic N) is 1. The van der Waals surface area contributed by atoms with Crippen LogP contribution in [0.3, 0.4) is 0 Å². The second-order valence-electron chi connectivity index (χ2n) is 6.18. The Labute approximate surface area is 139 Å². The molecule has 1 N–H and O–H groups in total. The van der Waals surface area contributed by atoms with Gasteiger partial charge in [0.2, 0.25) is 5.91 Å². The highest BCUT2D eigenvalue weighted by Crippen LogP contribution is 2.36. The van der Waals surface area contributed by atoms with Crippen LogP contribution in [0.5, 0.6) is 0 Å². The van der Waals surface area contributed by atoms with Gasteiger partial charge in [-0.15, -0.1) is 0 Å². The number of halogens is 2. The van der Waals surface area contributed by atoms with Gasteiger partial charge in [0.05, 0.1) is 12.0 Å². The van der Waals surface area contributed by atoms with Gasteiger partial charge >= 0.3 is 0 Å². The van der Waals surface area contributed by atoms with E-state index in [0.29, 0.717) is 24.1 Å². The van der Waals surface area contributed by atoms with Crippen molar-refractivity contribution in [3.05, 3.63) is 65.7 Å². The van der Waals surface area contributed by atoms with Crippen molar-refractivity contribution in [2.45, 2.75) is 31.9 Å². The fourth-order valence-electron chi connectivity index (χ4n) is 3.20. The van der Waals surface area contributed by atoms with Gasteiger partial charge in [-0.2, -0.15) is 0 Å². The Balaban J connectivity index is 1.58. The largest absolute Gasteiger partial charge is 0.388 e. The van der Waals surface area contributed by atoms with Crippen LogP contribution in [-0.2, 0) is 4.79 Å². The number of β-lactam (4-membered cyclic amide) rings is 1. The molecule has 1 heterocycles. The number of anilines is 1. The van der Waals surface area contributed by atoms with E-state index in [2.05, 4.69) is 0 Å². The highest BCUT2D eigenvalue weighted by molar-refractivity contribution is 6.02.